The standard InChI is InChI=1S/C14H15FN2O3/c1-3-11-12(14(19)20-4-2)13(18)17(16-11)10-7-5-9(15)6-8-10/h5-8,16H,3-4H2,1-2H3. The number of hydrogen-bond acceptors (Lipinski definition) is 3. The molecule has 0 aliphatic heterocycles. The second-order valence-corrected chi connectivity index (χ2v) is 4.16. The number of halogens is 1. The monoisotopic (exact) mass is 278 g/mol. The summed E-state index contributed by atoms with van der Waals surface area (Å²) in [6.45, 7) is 3.70. The number of ether oxygens (including phenoxy) is 1. The fourth-order valence-corrected chi connectivity index (χ4v) is 1.92. The zero-order chi connectivity index (χ0) is 14.7. The molecular formula is C14H15FN2O3. The number of esters is 1. The summed E-state index contributed by atoms with van der Waals surface area (Å²) in [5.41, 5.74) is 0.463. The van der Waals surface area contributed by atoms with Crippen LogP contribution in [0.2, 0.25) is 0 Å². The molecule has 5 nitrogen and oxygen atoms in total. The maximum absolute atomic E-state index is 12.9. The molecule has 0 saturated heterocycles. The zero-order valence-corrected chi connectivity index (χ0v) is 11.3. The van der Waals surface area contributed by atoms with Crippen molar-refractivity contribution in [3.05, 3.63) is 51.7 Å². The molecule has 2 aromatic rings. The minimum Gasteiger partial charge on any atom is -0.462 e. The van der Waals surface area contributed by atoms with E-state index < -0.39 is 17.3 Å². The van der Waals surface area contributed by atoms with Crippen LogP contribution in [-0.2, 0) is 11.2 Å². The number of hydrogen-bond donors (Lipinski definition) is 1. The summed E-state index contributed by atoms with van der Waals surface area (Å²) >= 11 is 0. The first-order valence-corrected chi connectivity index (χ1v) is 6.35. The summed E-state index contributed by atoms with van der Waals surface area (Å²) in [4.78, 5) is 24.1. The van der Waals surface area contributed by atoms with Crippen LogP contribution in [0.15, 0.2) is 29.1 Å². The predicted octanol–water partition coefficient (Wildman–Crippen LogP) is 2.04. The number of H-pyrrole nitrogens is 1. The fraction of sp³-hybridized carbons (Fsp3) is 0.286. The van der Waals surface area contributed by atoms with Crippen LogP contribution in [0.4, 0.5) is 4.39 Å². The molecule has 0 fully saturated rings. The van der Waals surface area contributed by atoms with E-state index in [-0.39, 0.29) is 12.2 Å². The lowest BCUT2D eigenvalue weighted by molar-refractivity contribution is 0.0523. The predicted molar refractivity (Wildman–Crippen MR) is 71.7 cm³/mol. The molecule has 0 saturated carbocycles. The number of aromatic nitrogens is 2. The topological polar surface area (TPSA) is 64.1 Å². The lowest BCUT2D eigenvalue weighted by atomic mass is 10.2. The highest BCUT2D eigenvalue weighted by Crippen LogP contribution is 2.10. The Balaban J connectivity index is 2.54. The number of carbonyl (C=O) groups excluding carboxylic acids is 1. The fourth-order valence-electron chi connectivity index (χ4n) is 1.92. The second kappa shape index (κ2) is 5.73. The van der Waals surface area contributed by atoms with Gasteiger partial charge in [-0.3, -0.25) is 9.89 Å². The summed E-state index contributed by atoms with van der Waals surface area (Å²) in [6, 6.07) is 5.42. The summed E-state index contributed by atoms with van der Waals surface area (Å²) in [7, 11) is 0. The number of aromatic amines is 1. The van der Waals surface area contributed by atoms with Gasteiger partial charge in [0.1, 0.15) is 11.4 Å². The van der Waals surface area contributed by atoms with Crippen LogP contribution in [0.5, 0.6) is 0 Å². The smallest absolute Gasteiger partial charge is 0.345 e. The van der Waals surface area contributed by atoms with Crippen molar-refractivity contribution >= 4 is 5.97 Å². The molecule has 20 heavy (non-hydrogen) atoms. The van der Waals surface area contributed by atoms with Crippen LogP contribution in [0.3, 0.4) is 0 Å². The van der Waals surface area contributed by atoms with Crippen molar-refractivity contribution in [3.63, 3.8) is 0 Å². The normalized spacial score (nSPS) is 10.6. The summed E-state index contributed by atoms with van der Waals surface area (Å²) in [6.07, 6.45) is 0.484. The van der Waals surface area contributed by atoms with Gasteiger partial charge in [-0.2, -0.15) is 0 Å². The van der Waals surface area contributed by atoms with E-state index in [4.69, 9.17) is 4.74 Å². The van der Waals surface area contributed by atoms with E-state index in [9.17, 15) is 14.0 Å². The van der Waals surface area contributed by atoms with Crippen molar-refractivity contribution < 1.29 is 13.9 Å². The van der Waals surface area contributed by atoms with Gasteiger partial charge in [0.15, 0.2) is 0 Å². The van der Waals surface area contributed by atoms with E-state index in [1.54, 1.807) is 6.92 Å². The van der Waals surface area contributed by atoms with Gasteiger partial charge in [-0.05, 0) is 37.6 Å². The maximum Gasteiger partial charge on any atom is 0.345 e. The Bertz CT molecular complexity index is 671. The Kier molecular flexibility index (Phi) is 4.02. The van der Waals surface area contributed by atoms with Crippen LogP contribution in [0, 0.1) is 5.82 Å². The van der Waals surface area contributed by atoms with Gasteiger partial charge < -0.3 is 4.74 Å². The first-order chi connectivity index (χ1) is 9.58. The van der Waals surface area contributed by atoms with Gasteiger partial charge in [0.25, 0.3) is 5.56 Å². The van der Waals surface area contributed by atoms with Gasteiger partial charge in [0, 0.05) is 0 Å². The molecule has 6 heteroatoms. The summed E-state index contributed by atoms with van der Waals surface area (Å²) in [5.74, 6) is -1.04. The molecule has 0 radical (unpaired) electrons. The molecule has 1 aromatic carbocycles. The third kappa shape index (κ3) is 2.49. The molecule has 106 valence electrons. The van der Waals surface area contributed by atoms with Gasteiger partial charge in [-0.25, -0.2) is 13.9 Å². The van der Waals surface area contributed by atoms with Crippen LogP contribution in [0.1, 0.15) is 29.9 Å². The first kappa shape index (κ1) is 14.0. The van der Waals surface area contributed by atoms with Crippen LogP contribution in [0.25, 0.3) is 5.69 Å². The Labute approximate surface area is 115 Å². The van der Waals surface area contributed by atoms with E-state index in [1.807, 2.05) is 6.92 Å². The van der Waals surface area contributed by atoms with Crippen molar-refractivity contribution in [3.8, 4) is 5.69 Å². The van der Waals surface area contributed by atoms with Gasteiger partial charge >= 0.3 is 5.97 Å². The quantitative estimate of drug-likeness (QED) is 0.870. The lowest BCUT2D eigenvalue weighted by Gasteiger charge is -2.00. The minimum absolute atomic E-state index is 0.00123. The van der Waals surface area contributed by atoms with Gasteiger partial charge in [-0.15, -0.1) is 0 Å². The number of benzene rings is 1. The molecule has 1 aromatic heterocycles. The average molecular weight is 278 g/mol. The highest BCUT2D eigenvalue weighted by atomic mass is 19.1. The Morgan fingerprint density at radius 2 is 1.95 bits per heavy atom. The van der Waals surface area contributed by atoms with Crippen molar-refractivity contribution in [2.24, 2.45) is 0 Å². The minimum atomic E-state index is -0.647. The molecule has 0 spiro atoms. The molecule has 0 amide bonds. The Morgan fingerprint density at radius 3 is 2.50 bits per heavy atom. The molecule has 0 aliphatic rings. The number of carbonyl (C=O) groups is 1. The second-order valence-electron chi connectivity index (χ2n) is 4.16. The van der Waals surface area contributed by atoms with Crippen molar-refractivity contribution in [1.29, 1.82) is 0 Å². The highest BCUT2D eigenvalue weighted by Gasteiger charge is 2.21. The van der Waals surface area contributed by atoms with E-state index in [0.717, 1.165) is 0 Å². The van der Waals surface area contributed by atoms with Crippen molar-refractivity contribution in [2.75, 3.05) is 6.61 Å². The van der Waals surface area contributed by atoms with Crippen LogP contribution >= 0.6 is 0 Å². The van der Waals surface area contributed by atoms with Crippen molar-refractivity contribution in [2.45, 2.75) is 20.3 Å². The third-order valence-corrected chi connectivity index (χ3v) is 2.88. The number of nitrogens with one attached hydrogen (secondary N) is 1. The first-order valence-electron chi connectivity index (χ1n) is 6.35. The molecule has 0 bridgehead atoms. The molecule has 2 rings (SSSR count). The maximum atomic E-state index is 12.9. The molecule has 1 N–H and O–H groups in total. The van der Waals surface area contributed by atoms with Crippen LogP contribution < -0.4 is 5.56 Å². The highest BCUT2D eigenvalue weighted by molar-refractivity contribution is 5.90. The van der Waals surface area contributed by atoms with Gasteiger partial charge in [0.05, 0.1) is 18.0 Å². The summed E-state index contributed by atoms with van der Waals surface area (Å²) < 4.78 is 19.0. The zero-order valence-electron chi connectivity index (χ0n) is 11.3. The molecule has 0 atom stereocenters. The summed E-state index contributed by atoms with van der Waals surface area (Å²) in [5, 5.41) is 2.86. The van der Waals surface area contributed by atoms with Gasteiger partial charge in [0.2, 0.25) is 0 Å². The lowest BCUT2D eigenvalue weighted by Crippen LogP contribution is -2.21. The van der Waals surface area contributed by atoms with E-state index >= 15 is 0 Å². The van der Waals surface area contributed by atoms with E-state index in [2.05, 4.69) is 5.10 Å². The third-order valence-electron chi connectivity index (χ3n) is 2.88. The number of aryl methyl sites for hydroxylation is 1. The van der Waals surface area contributed by atoms with Crippen LogP contribution in [-0.4, -0.2) is 22.4 Å². The van der Waals surface area contributed by atoms with E-state index in [1.165, 1.54) is 28.9 Å². The van der Waals surface area contributed by atoms with E-state index in [0.29, 0.717) is 17.8 Å². The molecule has 0 aliphatic carbocycles. The van der Waals surface area contributed by atoms with Crippen molar-refractivity contribution in [1.82, 2.24) is 9.78 Å². The number of rotatable bonds is 4. The Hall–Kier alpha value is -2.37. The molecular weight excluding hydrogens is 263 g/mol. The average Bonchev–Trinajstić information content (AvgIpc) is 2.77. The largest absolute Gasteiger partial charge is 0.462 e. The Morgan fingerprint density at radius 1 is 1.30 bits per heavy atom. The SMILES string of the molecule is CCOC(=O)c1c(CC)[nH]n(-c2ccc(F)cc2)c1=O. The molecule has 0 unspecified atom stereocenters. The number of nitrogens with zero attached hydrogens (tertiary/aromatic N) is 1. The van der Waals surface area contributed by atoms with Gasteiger partial charge in [-0.1, -0.05) is 6.92 Å². The molecule has 1 heterocycles.